The van der Waals surface area contributed by atoms with E-state index in [1.165, 1.54) is 24.3 Å². The monoisotopic (exact) mass is 553 g/mol. The van der Waals surface area contributed by atoms with Gasteiger partial charge in [0.25, 0.3) is 5.91 Å². The third-order valence-electron chi connectivity index (χ3n) is 8.81. The van der Waals surface area contributed by atoms with E-state index in [0.29, 0.717) is 43.0 Å². The van der Waals surface area contributed by atoms with Gasteiger partial charge in [0, 0.05) is 36.8 Å². The molecule has 210 valence electrons. The Morgan fingerprint density at radius 3 is 2.63 bits per heavy atom. The van der Waals surface area contributed by atoms with Crippen LogP contribution >= 0.6 is 0 Å². The van der Waals surface area contributed by atoms with Gasteiger partial charge in [0.15, 0.2) is 0 Å². The summed E-state index contributed by atoms with van der Waals surface area (Å²) in [6.07, 6.45) is 3.49. The highest BCUT2D eigenvalue weighted by atomic mass is 19.1. The number of hydrogen-bond donors (Lipinski definition) is 0. The third kappa shape index (κ3) is 4.53. The second-order valence-corrected chi connectivity index (χ2v) is 11.4. The predicted molar refractivity (Wildman–Crippen MR) is 152 cm³/mol. The molecule has 41 heavy (non-hydrogen) atoms. The molecule has 2 atom stereocenters. The van der Waals surface area contributed by atoms with E-state index >= 15 is 4.39 Å². The summed E-state index contributed by atoms with van der Waals surface area (Å²) in [5.74, 6) is 0.0876. The van der Waals surface area contributed by atoms with Crippen LogP contribution in [0, 0.1) is 11.7 Å². The fourth-order valence-corrected chi connectivity index (χ4v) is 6.33. The summed E-state index contributed by atoms with van der Waals surface area (Å²) in [6, 6.07) is 17.0. The van der Waals surface area contributed by atoms with Crippen molar-refractivity contribution in [2.75, 3.05) is 31.6 Å². The standard InChI is InChI=1S/C32H32FN5O3/c1-19-25-6-4-3-5-20(25)12-14-37(19)31(39)29-17-24-16-28(35-38(24)30(34-29)21-7-8-21)26-10-9-23(15-27(26)33)36-13-11-22(18-36)32(40)41-2/h3-6,9-10,15-17,19,21-22H,7-8,11-14,18H2,1-2H3/t19-,22+/m1/s1. The molecule has 2 aromatic heterocycles. The molecule has 1 aliphatic carbocycles. The number of esters is 1. The molecule has 0 unspecified atom stereocenters. The number of halogens is 1. The van der Waals surface area contributed by atoms with Crippen molar-refractivity contribution in [3.8, 4) is 11.3 Å². The van der Waals surface area contributed by atoms with Crippen LogP contribution in [-0.4, -0.2) is 58.1 Å². The quantitative estimate of drug-likeness (QED) is 0.317. The molecule has 2 aliphatic heterocycles. The zero-order valence-electron chi connectivity index (χ0n) is 23.2. The minimum atomic E-state index is -0.384. The molecule has 9 heteroatoms. The minimum absolute atomic E-state index is 0.0403. The highest BCUT2D eigenvalue weighted by Crippen LogP contribution is 2.40. The maximum atomic E-state index is 15.5. The molecule has 0 spiro atoms. The molecule has 4 heterocycles. The van der Waals surface area contributed by atoms with Crippen LogP contribution in [0.4, 0.5) is 10.1 Å². The van der Waals surface area contributed by atoms with E-state index in [1.807, 2.05) is 34.1 Å². The third-order valence-corrected chi connectivity index (χ3v) is 8.81. The van der Waals surface area contributed by atoms with Crippen molar-refractivity contribution in [3.63, 3.8) is 0 Å². The number of rotatable bonds is 5. The first-order valence-corrected chi connectivity index (χ1v) is 14.3. The second-order valence-electron chi connectivity index (χ2n) is 11.4. The Balaban J connectivity index is 1.19. The number of amides is 1. The topological polar surface area (TPSA) is 80.0 Å². The molecule has 4 aromatic rings. The number of ether oxygens (including phenoxy) is 1. The van der Waals surface area contributed by atoms with E-state index in [1.54, 1.807) is 16.6 Å². The van der Waals surface area contributed by atoms with Gasteiger partial charge >= 0.3 is 5.97 Å². The van der Waals surface area contributed by atoms with E-state index in [2.05, 4.69) is 19.1 Å². The van der Waals surface area contributed by atoms with Crippen molar-refractivity contribution in [1.82, 2.24) is 19.5 Å². The van der Waals surface area contributed by atoms with Gasteiger partial charge in [-0.3, -0.25) is 9.59 Å². The maximum absolute atomic E-state index is 15.5. The number of anilines is 1. The fourth-order valence-electron chi connectivity index (χ4n) is 6.33. The van der Waals surface area contributed by atoms with Gasteiger partial charge < -0.3 is 14.5 Å². The first-order valence-electron chi connectivity index (χ1n) is 14.3. The van der Waals surface area contributed by atoms with Crippen LogP contribution in [-0.2, 0) is 16.0 Å². The van der Waals surface area contributed by atoms with Crippen LogP contribution in [0.2, 0.25) is 0 Å². The van der Waals surface area contributed by atoms with Gasteiger partial charge in [0.05, 0.1) is 30.3 Å². The Hall–Kier alpha value is -4.27. The van der Waals surface area contributed by atoms with Crippen LogP contribution in [0.5, 0.6) is 0 Å². The van der Waals surface area contributed by atoms with Crippen molar-refractivity contribution >= 4 is 23.1 Å². The zero-order valence-corrected chi connectivity index (χ0v) is 23.2. The molecule has 2 aromatic carbocycles. The summed E-state index contributed by atoms with van der Waals surface area (Å²) in [5, 5.41) is 4.75. The van der Waals surface area contributed by atoms with Gasteiger partial charge in [-0.2, -0.15) is 5.10 Å². The Morgan fingerprint density at radius 1 is 1.02 bits per heavy atom. The average molecular weight is 554 g/mol. The molecule has 1 saturated carbocycles. The summed E-state index contributed by atoms with van der Waals surface area (Å²) in [4.78, 5) is 34.4. The molecule has 0 bridgehead atoms. The van der Waals surface area contributed by atoms with Crippen LogP contribution < -0.4 is 4.90 Å². The Kier molecular flexibility index (Phi) is 6.25. The maximum Gasteiger partial charge on any atom is 0.310 e. The summed E-state index contributed by atoms with van der Waals surface area (Å²) in [6.45, 7) is 3.88. The van der Waals surface area contributed by atoms with Gasteiger partial charge in [-0.05, 0) is 74.1 Å². The van der Waals surface area contributed by atoms with E-state index in [4.69, 9.17) is 14.8 Å². The lowest BCUT2D eigenvalue weighted by molar-refractivity contribution is -0.144. The summed E-state index contributed by atoms with van der Waals surface area (Å²) < 4.78 is 22.1. The molecule has 0 N–H and O–H groups in total. The van der Waals surface area contributed by atoms with Crippen LogP contribution in [0.3, 0.4) is 0 Å². The number of hydrogen-bond acceptors (Lipinski definition) is 6. The summed E-state index contributed by atoms with van der Waals surface area (Å²) in [7, 11) is 1.39. The smallest absolute Gasteiger partial charge is 0.310 e. The molecule has 7 rings (SSSR count). The van der Waals surface area contributed by atoms with Crippen LogP contribution in [0.25, 0.3) is 16.8 Å². The van der Waals surface area contributed by atoms with Crippen LogP contribution in [0.15, 0.2) is 54.6 Å². The number of methoxy groups -OCH3 is 1. The summed E-state index contributed by atoms with van der Waals surface area (Å²) in [5.41, 5.74) is 5.21. The lowest BCUT2D eigenvalue weighted by Crippen LogP contribution is -2.39. The molecule has 3 aliphatic rings. The molecule has 8 nitrogen and oxygen atoms in total. The van der Waals surface area contributed by atoms with Crippen LogP contribution in [0.1, 0.15) is 65.6 Å². The first-order chi connectivity index (χ1) is 19.9. The Morgan fingerprint density at radius 2 is 1.85 bits per heavy atom. The van der Waals surface area contributed by atoms with Crippen molar-refractivity contribution < 1.29 is 18.7 Å². The van der Waals surface area contributed by atoms with Crippen molar-refractivity contribution in [1.29, 1.82) is 0 Å². The number of carbonyl (C=O) groups excluding carboxylic acids is 2. The van der Waals surface area contributed by atoms with Gasteiger partial charge in [-0.1, -0.05) is 24.3 Å². The number of fused-ring (bicyclic) bond motifs is 2. The Bertz CT molecular complexity index is 1680. The van der Waals surface area contributed by atoms with Crippen molar-refractivity contribution in [2.24, 2.45) is 5.92 Å². The highest BCUT2D eigenvalue weighted by molar-refractivity contribution is 5.94. The minimum Gasteiger partial charge on any atom is -0.469 e. The van der Waals surface area contributed by atoms with Gasteiger partial charge in [0.1, 0.15) is 17.3 Å². The first kappa shape index (κ1) is 25.7. The van der Waals surface area contributed by atoms with E-state index in [9.17, 15) is 9.59 Å². The largest absolute Gasteiger partial charge is 0.469 e. The second kappa shape index (κ2) is 9.98. The normalized spacial score (nSPS) is 20.4. The molecule has 2 fully saturated rings. The van der Waals surface area contributed by atoms with Gasteiger partial charge in [-0.15, -0.1) is 0 Å². The van der Waals surface area contributed by atoms with Gasteiger partial charge in [-0.25, -0.2) is 13.9 Å². The SMILES string of the molecule is COC(=O)[C@H]1CCN(c2ccc(-c3cc4cc(C(=O)N5CCc6ccccc6[C@H]5C)nc(C5CC5)n4n3)c(F)c2)C1. The molecular weight excluding hydrogens is 521 g/mol. The molecule has 1 saturated heterocycles. The Labute approximate surface area is 237 Å². The predicted octanol–water partition coefficient (Wildman–Crippen LogP) is 5.17. The van der Waals surface area contributed by atoms with Crippen molar-refractivity contribution in [2.45, 2.75) is 44.6 Å². The number of aromatic nitrogens is 3. The summed E-state index contributed by atoms with van der Waals surface area (Å²) >= 11 is 0. The number of carbonyl (C=O) groups is 2. The van der Waals surface area contributed by atoms with Crippen molar-refractivity contribution in [3.05, 3.63) is 83.1 Å². The number of nitrogens with zero attached hydrogens (tertiary/aromatic N) is 5. The fraction of sp³-hybridized carbons (Fsp3) is 0.375. The highest BCUT2D eigenvalue weighted by Gasteiger charge is 2.33. The van der Waals surface area contributed by atoms with E-state index in [0.717, 1.165) is 36.3 Å². The lowest BCUT2D eigenvalue weighted by Gasteiger charge is -2.35. The molecule has 1 amide bonds. The van der Waals surface area contributed by atoms with E-state index < -0.39 is 0 Å². The lowest BCUT2D eigenvalue weighted by atomic mass is 9.93. The van der Waals surface area contributed by atoms with E-state index in [-0.39, 0.29) is 35.6 Å². The molecular formula is C32H32FN5O3. The zero-order chi connectivity index (χ0) is 28.2. The molecule has 0 radical (unpaired) electrons. The average Bonchev–Trinajstić information content (AvgIpc) is 3.55. The van der Waals surface area contributed by atoms with Gasteiger partial charge in [0.2, 0.25) is 0 Å². The number of benzene rings is 2.